The Kier molecular flexibility index (Phi) is 6.71. The molecule has 0 unspecified atom stereocenters. The molecule has 174 valence electrons. The van der Waals surface area contributed by atoms with Gasteiger partial charge in [0.2, 0.25) is 0 Å². The maximum Gasteiger partial charge on any atom is 0.192 e. The Morgan fingerprint density at radius 1 is 1.06 bits per heavy atom. The SMILES string of the molecule is COC[C@H](C)Oc1cc(Oc2ccc(S(C)(=O)=O)nc2)cc(-c2ccc(C3=CCCN3)[nH]2)c1. The van der Waals surface area contributed by atoms with Gasteiger partial charge >= 0.3 is 0 Å². The zero-order chi connectivity index (χ0) is 23.4. The topological polar surface area (TPSA) is 103 Å². The number of H-pyrrole nitrogens is 1. The van der Waals surface area contributed by atoms with Crippen molar-refractivity contribution in [3.8, 4) is 28.5 Å². The normalized spacial score (nSPS) is 14.5. The zero-order valence-electron chi connectivity index (χ0n) is 18.8. The van der Waals surface area contributed by atoms with Gasteiger partial charge in [-0.25, -0.2) is 13.4 Å². The minimum absolute atomic E-state index is 0.00486. The summed E-state index contributed by atoms with van der Waals surface area (Å²) in [5, 5.41) is 3.36. The summed E-state index contributed by atoms with van der Waals surface area (Å²) in [7, 11) is -1.75. The van der Waals surface area contributed by atoms with Gasteiger partial charge in [-0.1, -0.05) is 6.08 Å². The fourth-order valence-electron chi connectivity index (χ4n) is 3.56. The first-order chi connectivity index (χ1) is 15.8. The van der Waals surface area contributed by atoms with Crippen molar-refractivity contribution in [2.75, 3.05) is 26.5 Å². The van der Waals surface area contributed by atoms with Crippen LogP contribution < -0.4 is 14.8 Å². The molecular formula is C24H27N3O5S. The third kappa shape index (κ3) is 5.74. The lowest BCUT2D eigenvalue weighted by Crippen LogP contribution is -2.17. The second kappa shape index (κ2) is 9.68. The van der Waals surface area contributed by atoms with Crippen LogP contribution in [0.1, 0.15) is 19.0 Å². The van der Waals surface area contributed by atoms with Gasteiger partial charge < -0.3 is 24.5 Å². The van der Waals surface area contributed by atoms with Crippen LogP contribution in [0.3, 0.4) is 0 Å². The first-order valence-electron chi connectivity index (χ1n) is 10.6. The third-order valence-corrected chi connectivity index (χ3v) is 6.04. The molecule has 8 nitrogen and oxygen atoms in total. The van der Waals surface area contributed by atoms with Crippen molar-refractivity contribution in [2.24, 2.45) is 0 Å². The lowest BCUT2D eigenvalue weighted by molar-refractivity contribution is 0.0920. The monoisotopic (exact) mass is 469 g/mol. The van der Waals surface area contributed by atoms with Crippen LogP contribution in [0.5, 0.6) is 17.2 Å². The molecule has 0 bridgehead atoms. The van der Waals surface area contributed by atoms with Crippen molar-refractivity contribution in [3.63, 3.8) is 0 Å². The van der Waals surface area contributed by atoms with Gasteiger partial charge in [0.1, 0.15) is 23.4 Å². The maximum absolute atomic E-state index is 11.7. The van der Waals surface area contributed by atoms with Crippen LogP contribution in [-0.2, 0) is 14.6 Å². The van der Waals surface area contributed by atoms with Crippen molar-refractivity contribution < 1.29 is 22.6 Å². The third-order valence-electron chi connectivity index (χ3n) is 5.04. The predicted octanol–water partition coefficient (Wildman–Crippen LogP) is 4.02. The summed E-state index contributed by atoms with van der Waals surface area (Å²) in [6, 6.07) is 12.7. The van der Waals surface area contributed by atoms with Crippen LogP contribution in [0.4, 0.5) is 0 Å². The van der Waals surface area contributed by atoms with Crippen LogP contribution in [0.25, 0.3) is 17.0 Å². The van der Waals surface area contributed by atoms with Gasteiger partial charge in [-0.15, -0.1) is 0 Å². The van der Waals surface area contributed by atoms with Gasteiger partial charge in [-0.2, -0.15) is 0 Å². The van der Waals surface area contributed by atoms with E-state index in [-0.39, 0.29) is 11.1 Å². The van der Waals surface area contributed by atoms with Crippen LogP contribution >= 0.6 is 0 Å². The van der Waals surface area contributed by atoms with Crippen molar-refractivity contribution >= 4 is 15.5 Å². The van der Waals surface area contributed by atoms with E-state index in [1.54, 1.807) is 19.2 Å². The highest BCUT2D eigenvalue weighted by molar-refractivity contribution is 7.90. The van der Waals surface area contributed by atoms with Gasteiger partial charge in [0.15, 0.2) is 14.9 Å². The van der Waals surface area contributed by atoms with E-state index in [9.17, 15) is 8.42 Å². The molecule has 9 heteroatoms. The molecule has 3 aromatic rings. The van der Waals surface area contributed by atoms with Gasteiger partial charge in [0.05, 0.1) is 24.2 Å². The Morgan fingerprint density at radius 3 is 2.52 bits per heavy atom. The largest absolute Gasteiger partial charge is 0.488 e. The van der Waals surface area contributed by atoms with E-state index in [0.29, 0.717) is 23.9 Å². The van der Waals surface area contributed by atoms with Crippen LogP contribution in [0, 0.1) is 0 Å². The van der Waals surface area contributed by atoms with Gasteiger partial charge in [-0.3, -0.25) is 0 Å². The number of methoxy groups -OCH3 is 1. The number of nitrogens with zero attached hydrogens (tertiary/aromatic N) is 1. The van der Waals surface area contributed by atoms with E-state index in [1.165, 1.54) is 12.3 Å². The summed E-state index contributed by atoms with van der Waals surface area (Å²) in [5.74, 6) is 1.58. The molecule has 0 spiro atoms. The van der Waals surface area contributed by atoms with Crippen LogP contribution in [-0.4, -0.2) is 51.0 Å². The van der Waals surface area contributed by atoms with Crippen LogP contribution in [0.15, 0.2) is 59.8 Å². The molecule has 1 atom stereocenters. The van der Waals surface area contributed by atoms with E-state index in [2.05, 4.69) is 21.4 Å². The lowest BCUT2D eigenvalue weighted by atomic mass is 10.1. The number of pyridine rings is 1. The number of nitrogens with one attached hydrogen (secondary N) is 2. The Bertz CT molecular complexity index is 1250. The molecule has 2 aromatic heterocycles. The zero-order valence-corrected chi connectivity index (χ0v) is 19.6. The Morgan fingerprint density at radius 2 is 1.85 bits per heavy atom. The molecule has 0 fully saturated rings. The minimum atomic E-state index is -3.38. The fourth-order valence-corrected chi connectivity index (χ4v) is 4.12. The minimum Gasteiger partial charge on any atom is -0.488 e. The molecule has 0 radical (unpaired) electrons. The molecule has 0 amide bonds. The quantitative estimate of drug-likeness (QED) is 0.488. The predicted molar refractivity (Wildman–Crippen MR) is 126 cm³/mol. The molecule has 0 saturated carbocycles. The maximum atomic E-state index is 11.7. The number of rotatable bonds is 9. The number of ether oxygens (including phenoxy) is 3. The van der Waals surface area contributed by atoms with Crippen molar-refractivity contribution in [2.45, 2.75) is 24.5 Å². The van der Waals surface area contributed by atoms with Crippen molar-refractivity contribution in [1.29, 1.82) is 0 Å². The van der Waals surface area contributed by atoms with Gasteiger partial charge in [0, 0.05) is 37.2 Å². The Labute approximate surface area is 193 Å². The van der Waals surface area contributed by atoms with Crippen molar-refractivity contribution in [1.82, 2.24) is 15.3 Å². The van der Waals surface area contributed by atoms with Gasteiger partial charge in [-0.05, 0) is 49.7 Å². The summed E-state index contributed by atoms with van der Waals surface area (Å²) in [4.78, 5) is 7.44. The van der Waals surface area contributed by atoms with E-state index in [0.717, 1.165) is 41.9 Å². The smallest absolute Gasteiger partial charge is 0.192 e. The second-order valence-electron chi connectivity index (χ2n) is 7.90. The fraction of sp³-hybridized carbons (Fsp3) is 0.292. The molecule has 4 rings (SSSR count). The summed E-state index contributed by atoms with van der Waals surface area (Å²) in [6.45, 7) is 3.31. The molecular weight excluding hydrogens is 442 g/mol. The number of sulfone groups is 1. The molecule has 1 aromatic carbocycles. The number of aromatic nitrogens is 2. The molecule has 3 heterocycles. The average molecular weight is 470 g/mol. The summed E-state index contributed by atoms with van der Waals surface area (Å²) >= 11 is 0. The number of benzene rings is 1. The summed E-state index contributed by atoms with van der Waals surface area (Å²) in [5.41, 5.74) is 3.91. The molecule has 0 saturated heterocycles. The number of hydrogen-bond donors (Lipinski definition) is 2. The highest BCUT2D eigenvalue weighted by Gasteiger charge is 2.14. The van der Waals surface area contributed by atoms with E-state index in [4.69, 9.17) is 14.2 Å². The molecule has 1 aliphatic heterocycles. The first-order valence-corrected chi connectivity index (χ1v) is 12.5. The molecule has 0 aliphatic carbocycles. The molecule has 33 heavy (non-hydrogen) atoms. The molecule has 2 N–H and O–H groups in total. The highest BCUT2D eigenvalue weighted by atomic mass is 32.2. The summed E-state index contributed by atoms with van der Waals surface area (Å²) in [6.07, 6.45) is 5.53. The average Bonchev–Trinajstić information content (AvgIpc) is 3.45. The van der Waals surface area contributed by atoms with E-state index < -0.39 is 9.84 Å². The number of hydrogen-bond acceptors (Lipinski definition) is 7. The highest BCUT2D eigenvalue weighted by Crippen LogP contribution is 2.33. The number of aromatic amines is 1. The van der Waals surface area contributed by atoms with E-state index in [1.807, 2.05) is 31.2 Å². The second-order valence-corrected chi connectivity index (χ2v) is 9.86. The van der Waals surface area contributed by atoms with Gasteiger partial charge in [0.25, 0.3) is 0 Å². The lowest BCUT2D eigenvalue weighted by Gasteiger charge is -2.16. The first kappa shape index (κ1) is 22.9. The van der Waals surface area contributed by atoms with E-state index >= 15 is 0 Å². The standard InChI is InChI=1S/C24H27N3O5S/c1-16(15-30-2)31-19-11-17(21-7-8-23(27-21)22-5-4-10-25-22)12-20(13-19)32-18-6-9-24(26-14-18)33(3,28)29/h5-9,11-14,16,25,27H,4,10,15H2,1-3H3/t16-/m0/s1. The van der Waals surface area contributed by atoms with Crippen LogP contribution in [0.2, 0.25) is 0 Å². The Hall–Kier alpha value is -3.30. The summed E-state index contributed by atoms with van der Waals surface area (Å²) < 4.78 is 40.5. The Balaban J connectivity index is 1.64. The van der Waals surface area contributed by atoms with Crippen molar-refractivity contribution in [3.05, 3.63) is 60.4 Å². The molecule has 1 aliphatic rings.